The second kappa shape index (κ2) is 7.28. The first kappa shape index (κ1) is 14.9. The fraction of sp³-hybridized carbons (Fsp3) is 0.333. The van der Waals surface area contributed by atoms with E-state index in [1.807, 2.05) is 0 Å². The van der Waals surface area contributed by atoms with Gasteiger partial charge in [-0.25, -0.2) is 0 Å². The van der Waals surface area contributed by atoms with E-state index in [0.29, 0.717) is 10.7 Å². The van der Waals surface area contributed by atoms with E-state index in [2.05, 4.69) is 5.32 Å². The Balaban J connectivity index is 2.36. The van der Waals surface area contributed by atoms with Crippen molar-refractivity contribution in [3.63, 3.8) is 0 Å². The van der Waals surface area contributed by atoms with Gasteiger partial charge in [-0.1, -0.05) is 29.4 Å². The molecule has 0 unspecified atom stereocenters. The Kier molecular flexibility index (Phi) is 6.01. The molecule has 0 radical (unpaired) electrons. The van der Waals surface area contributed by atoms with Crippen LogP contribution in [0.3, 0.4) is 0 Å². The standard InChI is InChI=1S/C12H14ClNO3S/c1-8(2)17-11(15)7-18-12(16)14-10-5-3-4-9(13)6-10/h3-6,8H,7H2,1-2H3,(H,14,16). The van der Waals surface area contributed by atoms with Gasteiger partial charge in [0.2, 0.25) is 0 Å². The van der Waals surface area contributed by atoms with E-state index in [9.17, 15) is 9.59 Å². The van der Waals surface area contributed by atoms with Gasteiger partial charge in [-0.05, 0) is 32.0 Å². The molecule has 0 fully saturated rings. The highest BCUT2D eigenvalue weighted by Gasteiger charge is 2.10. The van der Waals surface area contributed by atoms with Crippen LogP contribution in [-0.4, -0.2) is 23.1 Å². The van der Waals surface area contributed by atoms with Crippen molar-refractivity contribution in [3.05, 3.63) is 29.3 Å². The lowest BCUT2D eigenvalue weighted by Crippen LogP contribution is -2.15. The molecule has 0 aliphatic rings. The van der Waals surface area contributed by atoms with Gasteiger partial charge in [0, 0.05) is 10.7 Å². The number of thioether (sulfide) groups is 1. The van der Waals surface area contributed by atoms with Crippen molar-refractivity contribution in [3.8, 4) is 0 Å². The van der Waals surface area contributed by atoms with Crippen LogP contribution < -0.4 is 5.32 Å². The second-order valence-corrected chi connectivity index (χ2v) is 5.13. The van der Waals surface area contributed by atoms with Crippen molar-refractivity contribution < 1.29 is 14.3 Å². The average molecular weight is 288 g/mol. The summed E-state index contributed by atoms with van der Waals surface area (Å²) in [6.45, 7) is 3.52. The van der Waals surface area contributed by atoms with Gasteiger partial charge in [-0.2, -0.15) is 0 Å². The predicted molar refractivity (Wildman–Crippen MR) is 74.2 cm³/mol. The number of rotatable bonds is 4. The number of ether oxygens (including phenoxy) is 1. The molecule has 0 saturated carbocycles. The Morgan fingerprint density at radius 2 is 2.17 bits per heavy atom. The summed E-state index contributed by atoms with van der Waals surface area (Å²) in [6.07, 6.45) is -0.172. The number of carbonyl (C=O) groups is 2. The van der Waals surface area contributed by atoms with E-state index in [-0.39, 0.29) is 17.1 Å². The van der Waals surface area contributed by atoms with Gasteiger partial charge in [0.05, 0.1) is 6.10 Å². The van der Waals surface area contributed by atoms with E-state index in [4.69, 9.17) is 16.3 Å². The number of hydrogen-bond acceptors (Lipinski definition) is 4. The molecular formula is C12H14ClNO3S. The summed E-state index contributed by atoms with van der Waals surface area (Å²) in [6, 6.07) is 6.79. The molecule has 0 saturated heterocycles. The Bertz CT molecular complexity index is 437. The molecule has 1 aromatic carbocycles. The largest absolute Gasteiger partial charge is 0.462 e. The summed E-state index contributed by atoms with van der Waals surface area (Å²) in [7, 11) is 0. The third kappa shape index (κ3) is 5.93. The maximum absolute atomic E-state index is 11.5. The molecule has 1 aromatic rings. The fourth-order valence-corrected chi connectivity index (χ4v) is 1.84. The molecule has 0 spiro atoms. The molecule has 18 heavy (non-hydrogen) atoms. The summed E-state index contributed by atoms with van der Waals surface area (Å²) in [5, 5.41) is 2.84. The minimum atomic E-state index is -0.406. The molecule has 0 atom stereocenters. The van der Waals surface area contributed by atoms with Crippen molar-refractivity contribution in [2.45, 2.75) is 20.0 Å². The van der Waals surface area contributed by atoms with Crippen molar-refractivity contribution >= 4 is 40.3 Å². The number of anilines is 1. The van der Waals surface area contributed by atoms with Crippen LogP contribution in [0.15, 0.2) is 24.3 Å². The highest BCUT2D eigenvalue weighted by molar-refractivity contribution is 8.14. The first-order valence-electron chi connectivity index (χ1n) is 5.36. The van der Waals surface area contributed by atoms with E-state index < -0.39 is 5.97 Å². The lowest BCUT2D eigenvalue weighted by molar-refractivity contribution is -0.144. The van der Waals surface area contributed by atoms with E-state index in [0.717, 1.165) is 11.8 Å². The van der Waals surface area contributed by atoms with E-state index in [1.165, 1.54) is 0 Å². The minimum absolute atomic E-state index is 0.00935. The van der Waals surface area contributed by atoms with Crippen molar-refractivity contribution in [2.24, 2.45) is 0 Å². The first-order chi connectivity index (χ1) is 8.47. The number of benzene rings is 1. The van der Waals surface area contributed by atoms with Crippen molar-refractivity contribution in [2.75, 3.05) is 11.1 Å². The number of halogens is 1. The first-order valence-corrected chi connectivity index (χ1v) is 6.72. The van der Waals surface area contributed by atoms with Gasteiger partial charge in [-0.15, -0.1) is 0 Å². The van der Waals surface area contributed by atoms with Crippen LogP contribution in [0, 0.1) is 0 Å². The van der Waals surface area contributed by atoms with Crippen LogP contribution in [0.1, 0.15) is 13.8 Å². The van der Waals surface area contributed by atoms with Crippen molar-refractivity contribution in [1.82, 2.24) is 0 Å². The Hall–Kier alpha value is -1.20. The van der Waals surface area contributed by atoms with E-state index >= 15 is 0 Å². The molecule has 4 nitrogen and oxygen atoms in total. The quantitative estimate of drug-likeness (QED) is 0.860. The second-order valence-electron chi connectivity index (χ2n) is 3.75. The van der Waals surface area contributed by atoms with Gasteiger partial charge >= 0.3 is 5.97 Å². The number of esters is 1. The smallest absolute Gasteiger partial charge is 0.316 e. The summed E-state index contributed by atoms with van der Waals surface area (Å²) in [5.41, 5.74) is 0.595. The summed E-state index contributed by atoms with van der Waals surface area (Å²) in [5.74, 6) is -0.416. The zero-order chi connectivity index (χ0) is 13.5. The van der Waals surface area contributed by atoms with Crippen LogP contribution in [0.25, 0.3) is 0 Å². The lowest BCUT2D eigenvalue weighted by atomic mass is 10.3. The summed E-state index contributed by atoms with van der Waals surface area (Å²) >= 11 is 6.64. The van der Waals surface area contributed by atoms with Crippen LogP contribution in [0.2, 0.25) is 5.02 Å². The maximum Gasteiger partial charge on any atom is 0.316 e. The SMILES string of the molecule is CC(C)OC(=O)CSC(=O)Nc1cccc(Cl)c1. The van der Waals surface area contributed by atoms with Gasteiger partial charge in [0.15, 0.2) is 0 Å². The molecule has 1 amide bonds. The molecule has 98 valence electrons. The number of nitrogens with one attached hydrogen (secondary N) is 1. The predicted octanol–water partition coefficient (Wildman–Crippen LogP) is 3.56. The van der Waals surface area contributed by atoms with Crippen LogP contribution in [0.5, 0.6) is 0 Å². The average Bonchev–Trinajstić information content (AvgIpc) is 2.25. The monoisotopic (exact) mass is 287 g/mol. The third-order valence-electron chi connectivity index (χ3n) is 1.76. The summed E-state index contributed by atoms with van der Waals surface area (Å²) in [4.78, 5) is 22.7. The van der Waals surface area contributed by atoms with Gasteiger partial charge in [0.25, 0.3) is 5.24 Å². The van der Waals surface area contributed by atoms with Gasteiger partial charge in [0.1, 0.15) is 5.75 Å². The number of carbonyl (C=O) groups excluding carboxylic acids is 2. The zero-order valence-electron chi connectivity index (χ0n) is 10.1. The topological polar surface area (TPSA) is 55.4 Å². The van der Waals surface area contributed by atoms with Crippen molar-refractivity contribution in [1.29, 1.82) is 0 Å². The van der Waals surface area contributed by atoms with Crippen LogP contribution in [-0.2, 0) is 9.53 Å². The number of hydrogen-bond donors (Lipinski definition) is 1. The van der Waals surface area contributed by atoms with Gasteiger partial charge < -0.3 is 10.1 Å². The normalized spacial score (nSPS) is 10.2. The third-order valence-corrected chi connectivity index (χ3v) is 2.74. The molecule has 1 N–H and O–H groups in total. The van der Waals surface area contributed by atoms with Crippen LogP contribution in [0.4, 0.5) is 10.5 Å². The lowest BCUT2D eigenvalue weighted by Gasteiger charge is -2.07. The number of amides is 1. The highest BCUT2D eigenvalue weighted by atomic mass is 35.5. The molecule has 6 heteroatoms. The fourth-order valence-electron chi connectivity index (χ4n) is 1.14. The molecule has 0 aliphatic heterocycles. The van der Waals surface area contributed by atoms with Gasteiger partial charge in [-0.3, -0.25) is 9.59 Å². The molecule has 0 aromatic heterocycles. The Morgan fingerprint density at radius 3 is 2.78 bits per heavy atom. The molecular weight excluding hydrogens is 274 g/mol. The highest BCUT2D eigenvalue weighted by Crippen LogP contribution is 2.17. The Morgan fingerprint density at radius 1 is 1.44 bits per heavy atom. The van der Waals surface area contributed by atoms with Crippen LogP contribution >= 0.6 is 23.4 Å². The maximum atomic E-state index is 11.5. The van der Waals surface area contributed by atoms with E-state index in [1.54, 1.807) is 38.1 Å². The Labute approximate surface area is 115 Å². The minimum Gasteiger partial charge on any atom is -0.462 e. The molecule has 0 bridgehead atoms. The molecule has 0 aliphatic carbocycles. The summed E-state index contributed by atoms with van der Waals surface area (Å²) < 4.78 is 4.91. The molecule has 0 heterocycles. The molecule has 1 rings (SSSR count). The zero-order valence-corrected chi connectivity index (χ0v) is 11.7.